The molecule has 1 saturated carbocycles. The SMILES string of the molecule is CCCCCc1ccc(C2(CCCCC)CCC(CC(=O)c3ccccc3)CC2)cc1. The average molecular weight is 419 g/mol. The van der Waals surface area contributed by atoms with E-state index >= 15 is 0 Å². The van der Waals surface area contributed by atoms with E-state index in [0.717, 1.165) is 5.56 Å². The van der Waals surface area contributed by atoms with Crippen LogP contribution in [0.2, 0.25) is 0 Å². The fraction of sp³-hybridized carbons (Fsp3) is 0.567. The van der Waals surface area contributed by atoms with Gasteiger partial charge in [-0.2, -0.15) is 0 Å². The Morgan fingerprint density at radius 2 is 1.48 bits per heavy atom. The highest BCUT2D eigenvalue weighted by Gasteiger charge is 2.36. The van der Waals surface area contributed by atoms with Gasteiger partial charge in [-0.15, -0.1) is 0 Å². The van der Waals surface area contributed by atoms with Gasteiger partial charge < -0.3 is 0 Å². The topological polar surface area (TPSA) is 17.1 Å². The molecule has 0 amide bonds. The van der Waals surface area contributed by atoms with Gasteiger partial charge in [0, 0.05) is 12.0 Å². The van der Waals surface area contributed by atoms with Crippen LogP contribution < -0.4 is 0 Å². The van der Waals surface area contributed by atoms with E-state index in [-0.39, 0.29) is 0 Å². The normalized spacial score (nSPS) is 21.2. The quantitative estimate of drug-likeness (QED) is 0.249. The Morgan fingerprint density at radius 3 is 2.13 bits per heavy atom. The van der Waals surface area contributed by atoms with Crippen LogP contribution in [-0.2, 0) is 11.8 Å². The zero-order valence-corrected chi connectivity index (χ0v) is 19.9. The Morgan fingerprint density at radius 1 is 0.839 bits per heavy atom. The Kier molecular flexibility index (Phi) is 9.37. The van der Waals surface area contributed by atoms with Crippen molar-refractivity contribution < 1.29 is 4.79 Å². The lowest BCUT2D eigenvalue weighted by Gasteiger charge is -2.41. The maximum Gasteiger partial charge on any atom is 0.163 e. The number of hydrogen-bond acceptors (Lipinski definition) is 1. The number of hydrogen-bond donors (Lipinski definition) is 0. The first kappa shape index (κ1) is 23.8. The van der Waals surface area contributed by atoms with Gasteiger partial charge in [-0.05, 0) is 67.4 Å². The van der Waals surface area contributed by atoms with E-state index in [4.69, 9.17) is 0 Å². The van der Waals surface area contributed by atoms with Gasteiger partial charge in [-0.3, -0.25) is 4.79 Å². The van der Waals surface area contributed by atoms with Crippen LogP contribution in [0.4, 0.5) is 0 Å². The van der Waals surface area contributed by atoms with Crippen LogP contribution in [0.1, 0.15) is 112 Å². The second kappa shape index (κ2) is 12.2. The summed E-state index contributed by atoms with van der Waals surface area (Å²) < 4.78 is 0. The molecule has 0 radical (unpaired) electrons. The lowest BCUT2D eigenvalue weighted by Crippen LogP contribution is -2.32. The second-order valence-corrected chi connectivity index (χ2v) is 9.83. The minimum atomic E-state index is 0.320. The number of benzene rings is 2. The summed E-state index contributed by atoms with van der Waals surface area (Å²) in [6, 6.07) is 19.5. The molecule has 1 nitrogen and oxygen atoms in total. The maximum atomic E-state index is 12.7. The van der Waals surface area contributed by atoms with E-state index in [1.165, 1.54) is 82.6 Å². The van der Waals surface area contributed by atoms with E-state index in [1.54, 1.807) is 5.56 Å². The Bertz CT molecular complexity index is 766. The van der Waals surface area contributed by atoms with Crippen LogP contribution >= 0.6 is 0 Å². The maximum absolute atomic E-state index is 12.7. The highest BCUT2D eigenvalue weighted by Crippen LogP contribution is 2.46. The van der Waals surface area contributed by atoms with E-state index in [9.17, 15) is 4.79 Å². The summed E-state index contributed by atoms with van der Waals surface area (Å²) >= 11 is 0. The van der Waals surface area contributed by atoms with E-state index in [2.05, 4.69) is 38.1 Å². The third-order valence-corrected chi connectivity index (χ3v) is 7.53. The zero-order valence-electron chi connectivity index (χ0n) is 19.9. The minimum absolute atomic E-state index is 0.320. The molecule has 0 saturated heterocycles. The second-order valence-electron chi connectivity index (χ2n) is 9.83. The molecule has 2 aromatic carbocycles. The molecule has 168 valence electrons. The Labute approximate surface area is 190 Å². The Balaban J connectivity index is 1.64. The number of ketones is 1. The summed E-state index contributed by atoms with van der Waals surface area (Å²) in [5.41, 5.74) is 4.24. The molecular weight excluding hydrogens is 376 g/mol. The van der Waals surface area contributed by atoms with Crippen molar-refractivity contribution in [1.82, 2.24) is 0 Å². The van der Waals surface area contributed by atoms with Crippen molar-refractivity contribution in [1.29, 1.82) is 0 Å². The fourth-order valence-corrected chi connectivity index (χ4v) is 5.44. The molecule has 0 spiro atoms. The molecule has 1 heteroatoms. The van der Waals surface area contributed by atoms with Crippen molar-refractivity contribution in [2.24, 2.45) is 5.92 Å². The van der Waals surface area contributed by atoms with Crippen LogP contribution in [0, 0.1) is 5.92 Å². The molecule has 0 aliphatic heterocycles. The van der Waals surface area contributed by atoms with Gasteiger partial charge in [0.25, 0.3) is 0 Å². The van der Waals surface area contributed by atoms with Gasteiger partial charge in [0.2, 0.25) is 0 Å². The van der Waals surface area contributed by atoms with Crippen molar-refractivity contribution in [2.45, 2.75) is 103 Å². The van der Waals surface area contributed by atoms with Gasteiger partial charge in [0.1, 0.15) is 0 Å². The predicted octanol–water partition coefficient (Wildman–Crippen LogP) is 8.70. The number of unbranched alkanes of at least 4 members (excludes halogenated alkanes) is 4. The lowest BCUT2D eigenvalue weighted by molar-refractivity contribution is 0.0934. The lowest BCUT2D eigenvalue weighted by atomic mass is 9.63. The van der Waals surface area contributed by atoms with Crippen LogP contribution in [-0.4, -0.2) is 5.78 Å². The standard InChI is InChI=1S/C30H42O/c1-3-5-8-12-25-15-17-28(18-16-25)30(21-11-6-4-2)22-19-26(20-23-30)24-29(31)27-13-9-7-10-14-27/h7,9-10,13-18,26H,3-6,8,11-12,19-24H2,1-2H3. The number of carbonyl (C=O) groups is 1. The molecule has 1 aliphatic carbocycles. The molecule has 0 aromatic heterocycles. The number of carbonyl (C=O) groups excluding carboxylic acids is 1. The van der Waals surface area contributed by atoms with Crippen LogP contribution in [0.15, 0.2) is 54.6 Å². The van der Waals surface area contributed by atoms with Gasteiger partial charge >= 0.3 is 0 Å². The van der Waals surface area contributed by atoms with Crippen molar-refractivity contribution in [3.05, 3.63) is 71.3 Å². The van der Waals surface area contributed by atoms with Crippen LogP contribution in [0.25, 0.3) is 0 Å². The molecule has 3 rings (SSSR count). The molecule has 0 atom stereocenters. The van der Waals surface area contributed by atoms with E-state index < -0.39 is 0 Å². The third kappa shape index (κ3) is 6.79. The molecule has 31 heavy (non-hydrogen) atoms. The fourth-order valence-electron chi connectivity index (χ4n) is 5.44. The summed E-state index contributed by atoms with van der Waals surface area (Å²) in [7, 11) is 0. The predicted molar refractivity (Wildman–Crippen MR) is 133 cm³/mol. The molecule has 0 heterocycles. The first-order chi connectivity index (χ1) is 15.2. The molecule has 0 N–H and O–H groups in total. The largest absolute Gasteiger partial charge is 0.294 e. The van der Waals surface area contributed by atoms with Gasteiger partial charge in [0.15, 0.2) is 5.78 Å². The highest BCUT2D eigenvalue weighted by atomic mass is 16.1. The minimum Gasteiger partial charge on any atom is -0.294 e. The summed E-state index contributed by atoms with van der Waals surface area (Å²) in [4.78, 5) is 12.7. The molecular formula is C30H42O. The average Bonchev–Trinajstić information content (AvgIpc) is 2.82. The smallest absolute Gasteiger partial charge is 0.163 e. The summed E-state index contributed by atoms with van der Waals surface area (Å²) in [5, 5.41) is 0. The van der Waals surface area contributed by atoms with Gasteiger partial charge in [-0.1, -0.05) is 101 Å². The molecule has 1 aliphatic rings. The number of rotatable bonds is 12. The van der Waals surface area contributed by atoms with E-state index in [1.807, 2.05) is 30.3 Å². The molecule has 2 aromatic rings. The van der Waals surface area contributed by atoms with Crippen LogP contribution in [0.3, 0.4) is 0 Å². The summed E-state index contributed by atoms with van der Waals surface area (Å²) in [5.74, 6) is 0.862. The van der Waals surface area contributed by atoms with E-state index in [0.29, 0.717) is 23.5 Å². The molecule has 0 bridgehead atoms. The van der Waals surface area contributed by atoms with Crippen molar-refractivity contribution >= 4 is 5.78 Å². The van der Waals surface area contributed by atoms with Crippen molar-refractivity contribution in [3.8, 4) is 0 Å². The van der Waals surface area contributed by atoms with Crippen molar-refractivity contribution in [3.63, 3.8) is 0 Å². The first-order valence-corrected chi connectivity index (χ1v) is 12.8. The van der Waals surface area contributed by atoms with Crippen LogP contribution in [0.5, 0.6) is 0 Å². The van der Waals surface area contributed by atoms with Gasteiger partial charge in [0.05, 0.1) is 0 Å². The van der Waals surface area contributed by atoms with Gasteiger partial charge in [-0.25, -0.2) is 0 Å². The first-order valence-electron chi connectivity index (χ1n) is 12.8. The number of Topliss-reactive ketones (excluding diaryl/α,β-unsaturated/α-hetero) is 1. The zero-order chi connectivity index (χ0) is 21.9. The summed E-state index contributed by atoms with van der Waals surface area (Å²) in [6.07, 6.45) is 15.9. The molecule has 0 unspecified atom stereocenters. The number of aryl methyl sites for hydroxylation is 1. The molecule has 1 fully saturated rings. The Hall–Kier alpha value is -1.89. The summed E-state index contributed by atoms with van der Waals surface area (Å²) in [6.45, 7) is 4.57. The highest BCUT2D eigenvalue weighted by molar-refractivity contribution is 5.96. The van der Waals surface area contributed by atoms with Crippen molar-refractivity contribution in [2.75, 3.05) is 0 Å². The monoisotopic (exact) mass is 418 g/mol. The third-order valence-electron chi connectivity index (χ3n) is 7.53.